The van der Waals surface area contributed by atoms with E-state index < -0.39 is 0 Å². The number of carbonyl (C=O) groups excluding carboxylic acids is 1. The first-order valence-corrected chi connectivity index (χ1v) is 6.81. The van der Waals surface area contributed by atoms with Crippen molar-refractivity contribution in [3.05, 3.63) is 53.1 Å². The molecule has 1 unspecified atom stereocenters. The second-order valence-electron chi connectivity index (χ2n) is 5.57. The van der Waals surface area contributed by atoms with Crippen LogP contribution in [0.25, 0.3) is 5.76 Å². The Bertz CT molecular complexity index is 609. The van der Waals surface area contributed by atoms with E-state index in [0.29, 0.717) is 11.1 Å². The van der Waals surface area contributed by atoms with Crippen LogP contribution in [0.2, 0.25) is 0 Å². The van der Waals surface area contributed by atoms with Crippen LogP contribution < -0.4 is 0 Å². The van der Waals surface area contributed by atoms with Gasteiger partial charge in [-0.2, -0.15) is 0 Å². The molecule has 3 rings (SSSR count). The van der Waals surface area contributed by atoms with E-state index in [4.69, 9.17) is 4.74 Å². The van der Waals surface area contributed by atoms with Gasteiger partial charge in [0.15, 0.2) is 5.78 Å². The Morgan fingerprint density at radius 3 is 2.68 bits per heavy atom. The fraction of sp³-hybridized carbons (Fsp3) is 0.353. The molecule has 0 saturated carbocycles. The normalized spacial score (nSPS) is 25.8. The van der Waals surface area contributed by atoms with Crippen LogP contribution >= 0.6 is 0 Å². The lowest BCUT2D eigenvalue weighted by Gasteiger charge is -2.39. The summed E-state index contributed by atoms with van der Waals surface area (Å²) >= 11 is 0. The predicted molar refractivity (Wildman–Crippen MR) is 75.8 cm³/mol. The smallest absolute Gasteiger partial charge is 0.193 e. The second-order valence-corrected chi connectivity index (χ2v) is 5.57. The van der Waals surface area contributed by atoms with Gasteiger partial charge in [-0.15, -0.1) is 0 Å². The zero-order valence-electron chi connectivity index (χ0n) is 11.5. The number of Topliss-reactive ketones (excluding diaryl/α,β-unsaturated/α-hetero) is 1. The molecule has 1 aliphatic heterocycles. The lowest BCUT2D eigenvalue weighted by atomic mass is 9.80. The van der Waals surface area contributed by atoms with Crippen LogP contribution in [-0.2, 0) is 4.74 Å². The van der Waals surface area contributed by atoms with Gasteiger partial charge in [0.25, 0.3) is 0 Å². The van der Waals surface area contributed by atoms with Crippen molar-refractivity contribution in [2.24, 2.45) is 0 Å². The Hall–Kier alpha value is -1.83. The number of rotatable bonds is 1. The highest BCUT2D eigenvalue weighted by atomic mass is 16.5. The van der Waals surface area contributed by atoms with E-state index >= 15 is 0 Å². The molecule has 0 saturated heterocycles. The maximum atomic E-state index is 12.3. The molecule has 0 fully saturated rings. The average molecular weight is 254 g/mol. The molecule has 1 aliphatic carbocycles. The maximum absolute atomic E-state index is 12.3. The van der Waals surface area contributed by atoms with Gasteiger partial charge < -0.3 is 4.74 Å². The molecule has 0 N–H and O–H groups in total. The molecule has 0 aromatic heterocycles. The Kier molecular flexibility index (Phi) is 2.63. The van der Waals surface area contributed by atoms with Gasteiger partial charge in [0.1, 0.15) is 11.4 Å². The monoisotopic (exact) mass is 254 g/mol. The first kappa shape index (κ1) is 12.2. The summed E-state index contributed by atoms with van der Waals surface area (Å²) < 4.78 is 6.24. The maximum Gasteiger partial charge on any atom is 0.193 e. The number of ketones is 1. The molecule has 1 heterocycles. The van der Waals surface area contributed by atoms with Crippen LogP contribution in [0.15, 0.2) is 42.0 Å². The van der Waals surface area contributed by atoms with Gasteiger partial charge in [-0.3, -0.25) is 4.79 Å². The van der Waals surface area contributed by atoms with Gasteiger partial charge in [0.05, 0.1) is 0 Å². The standard InChI is InChI=1S/C17H18O2/c1-4-17(3)10-9-12-11(2)15(18)13-7-5-6-8-14(13)16(12)19-17/h5-8H,2,4,9-10H2,1,3H3. The number of hydrogen-bond acceptors (Lipinski definition) is 2. The van der Waals surface area contributed by atoms with Crippen LogP contribution in [-0.4, -0.2) is 11.4 Å². The largest absolute Gasteiger partial charge is 0.487 e. The molecular weight excluding hydrogens is 236 g/mol. The molecule has 1 aromatic carbocycles. The van der Waals surface area contributed by atoms with E-state index in [1.807, 2.05) is 24.3 Å². The van der Waals surface area contributed by atoms with Gasteiger partial charge in [-0.1, -0.05) is 37.8 Å². The molecule has 1 aromatic rings. The highest BCUT2D eigenvalue weighted by molar-refractivity contribution is 6.17. The van der Waals surface area contributed by atoms with Crippen molar-refractivity contribution in [1.82, 2.24) is 0 Å². The average Bonchev–Trinajstić information content (AvgIpc) is 2.45. The lowest BCUT2D eigenvalue weighted by Crippen LogP contribution is -2.33. The molecule has 0 amide bonds. The van der Waals surface area contributed by atoms with E-state index in [1.54, 1.807) is 0 Å². The molecule has 2 heteroatoms. The molecule has 1 atom stereocenters. The van der Waals surface area contributed by atoms with Gasteiger partial charge >= 0.3 is 0 Å². The zero-order chi connectivity index (χ0) is 13.6. The summed E-state index contributed by atoms with van der Waals surface area (Å²) in [4.78, 5) is 12.3. The highest BCUT2D eigenvalue weighted by Crippen LogP contribution is 2.44. The Labute approximate surface area is 113 Å². The van der Waals surface area contributed by atoms with Crippen LogP contribution in [0.5, 0.6) is 0 Å². The third-order valence-corrected chi connectivity index (χ3v) is 4.33. The molecule has 2 aliphatic rings. The molecule has 19 heavy (non-hydrogen) atoms. The summed E-state index contributed by atoms with van der Waals surface area (Å²) in [7, 11) is 0. The minimum absolute atomic E-state index is 0.0399. The van der Waals surface area contributed by atoms with Crippen LogP contribution in [0.3, 0.4) is 0 Å². The van der Waals surface area contributed by atoms with Crippen molar-refractivity contribution in [1.29, 1.82) is 0 Å². The number of ether oxygens (including phenoxy) is 1. The van der Waals surface area contributed by atoms with Crippen LogP contribution in [0.4, 0.5) is 0 Å². The van der Waals surface area contributed by atoms with Gasteiger partial charge in [-0.25, -0.2) is 0 Å². The molecule has 0 spiro atoms. The van der Waals surface area contributed by atoms with E-state index in [0.717, 1.165) is 36.2 Å². The quantitative estimate of drug-likeness (QED) is 0.704. The van der Waals surface area contributed by atoms with E-state index in [9.17, 15) is 4.79 Å². The summed E-state index contributed by atoms with van der Waals surface area (Å²) in [6.07, 6.45) is 2.78. The SMILES string of the molecule is C=C1C(=O)c2ccccc2C2=C1CCC(C)(CC)O2. The van der Waals surface area contributed by atoms with Gasteiger partial charge in [-0.05, 0) is 26.2 Å². The van der Waals surface area contributed by atoms with Gasteiger partial charge in [0.2, 0.25) is 0 Å². The molecule has 0 radical (unpaired) electrons. The number of carbonyl (C=O) groups is 1. The number of hydrogen-bond donors (Lipinski definition) is 0. The van der Waals surface area contributed by atoms with E-state index in [-0.39, 0.29) is 11.4 Å². The minimum Gasteiger partial charge on any atom is -0.487 e. The summed E-state index contributed by atoms with van der Waals surface area (Å²) in [5.41, 5.74) is 3.11. The van der Waals surface area contributed by atoms with Crippen molar-refractivity contribution >= 4 is 11.5 Å². The third-order valence-electron chi connectivity index (χ3n) is 4.33. The fourth-order valence-electron chi connectivity index (χ4n) is 2.80. The minimum atomic E-state index is -0.132. The topological polar surface area (TPSA) is 26.3 Å². The first-order chi connectivity index (χ1) is 9.06. The Morgan fingerprint density at radius 1 is 1.32 bits per heavy atom. The summed E-state index contributed by atoms with van der Waals surface area (Å²) in [6, 6.07) is 7.66. The third kappa shape index (κ3) is 1.74. The van der Waals surface area contributed by atoms with Crippen molar-refractivity contribution in [3.8, 4) is 0 Å². The van der Waals surface area contributed by atoms with Crippen LogP contribution in [0, 0.1) is 0 Å². The summed E-state index contributed by atoms with van der Waals surface area (Å²) in [6.45, 7) is 8.24. The Morgan fingerprint density at radius 2 is 2.00 bits per heavy atom. The van der Waals surface area contributed by atoms with Crippen molar-refractivity contribution < 1.29 is 9.53 Å². The van der Waals surface area contributed by atoms with Gasteiger partial charge in [0, 0.05) is 22.3 Å². The molecule has 2 nitrogen and oxygen atoms in total. The number of allylic oxidation sites excluding steroid dienone is 2. The number of fused-ring (bicyclic) bond motifs is 2. The van der Waals surface area contributed by atoms with Crippen molar-refractivity contribution in [3.63, 3.8) is 0 Å². The number of benzene rings is 1. The summed E-state index contributed by atoms with van der Waals surface area (Å²) in [5.74, 6) is 0.911. The van der Waals surface area contributed by atoms with Crippen molar-refractivity contribution in [2.75, 3.05) is 0 Å². The van der Waals surface area contributed by atoms with Crippen molar-refractivity contribution in [2.45, 2.75) is 38.7 Å². The first-order valence-electron chi connectivity index (χ1n) is 6.81. The molecule has 0 bridgehead atoms. The highest BCUT2D eigenvalue weighted by Gasteiger charge is 2.37. The van der Waals surface area contributed by atoms with E-state index in [1.165, 1.54) is 0 Å². The predicted octanol–water partition coefficient (Wildman–Crippen LogP) is 4.13. The summed E-state index contributed by atoms with van der Waals surface area (Å²) in [5, 5.41) is 0. The van der Waals surface area contributed by atoms with E-state index in [2.05, 4.69) is 20.4 Å². The van der Waals surface area contributed by atoms with Crippen LogP contribution in [0.1, 0.15) is 49.0 Å². The molecular formula is C17H18O2. The Balaban J connectivity index is 2.18. The second kappa shape index (κ2) is 4.09. The molecule has 98 valence electrons. The lowest BCUT2D eigenvalue weighted by molar-refractivity contribution is 0.0338. The fourth-order valence-corrected chi connectivity index (χ4v) is 2.80. The zero-order valence-corrected chi connectivity index (χ0v) is 11.5.